The molecule has 0 aliphatic carbocycles. The molecule has 0 aliphatic rings. The molecule has 114 valence electrons. The Morgan fingerprint density at radius 3 is 2.73 bits per heavy atom. The highest BCUT2D eigenvalue weighted by Crippen LogP contribution is 2.33. The second-order valence-corrected chi connectivity index (χ2v) is 6.47. The van der Waals surface area contributed by atoms with E-state index < -0.39 is 0 Å². The number of thiophene rings is 1. The van der Waals surface area contributed by atoms with E-state index in [2.05, 4.69) is 15.6 Å². The molecule has 8 heteroatoms. The van der Waals surface area contributed by atoms with E-state index in [0.29, 0.717) is 17.1 Å². The second kappa shape index (κ2) is 6.39. The number of hydrogen-bond acceptors (Lipinski definition) is 6. The maximum absolute atomic E-state index is 12.8. The Balaban J connectivity index is 1.73. The first-order valence-electron chi connectivity index (χ1n) is 6.48. The van der Waals surface area contributed by atoms with Gasteiger partial charge < -0.3 is 15.7 Å². The summed E-state index contributed by atoms with van der Waals surface area (Å²) < 4.78 is 13.7. The quantitative estimate of drug-likeness (QED) is 0.669. The maximum Gasteiger partial charge on any atom is 0.265 e. The molecule has 0 radical (unpaired) electrons. The molecule has 5 nitrogen and oxygen atoms in total. The first-order chi connectivity index (χ1) is 10.7. The number of halogens is 1. The SMILES string of the molecule is O=C(Nc1ccc(F)cc1)c1cc2sc(NCCO)nc2s1. The number of aliphatic hydroxyl groups excluding tert-OH is 1. The van der Waals surface area contributed by atoms with Crippen molar-refractivity contribution in [2.45, 2.75) is 0 Å². The molecule has 0 unspecified atom stereocenters. The van der Waals surface area contributed by atoms with Crippen LogP contribution in [0.2, 0.25) is 0 Å². The summed E-state index contributed by atoms with van der Waals surface area (Å²) in [7, 11) is 0. The summed E-state index contributed by atoms with van der Waals surface area (Å²) >= 11 is 2.72. The molecule has 0 atom stereocenters. The standard InChI is InChI=1S/C14H12FN3O2S2/c15-8-1-3-9(4-2-8)17-12(20)10-7-11-13(21-10)18-14(22-11)16-5-6-19/h1-4,7,19H,5-6H2,(H,16,18)(H,17,20). The van der Waals surface area contributed by atoms with Gasteiger partial charge in [0.05, 0.1) is 16.2 Å². The Bertz CT molecular complexity index is 767. The minimum absolute atomic E-state index is 0.0402. The number of nitrogens with one attached hydrogen (secondary N) is 2. The van der Waals surface area contributed by atoms with Gasteiger partial charge in [0.25, 0.3) is 5.91 Å². The summed E-state index contributed by atoms with van der Waals surface area (Å²) in [5.74, 6) is -0.589. The minimum atomic E-state index is -0.346. The van der Waals surface area contributed by atoms with E-state index >= 15 is 0 Å². The molecule has 1 amide bonds. The fourth-order valence-electron chi connectivity index (χ4n) is 1.81. The van der Waals surface area contributed by atoms with Gasteiger partial charge in [0.1, 0.15) is 10.6 Å². The lowest BCUT2D eigenvalue weighted by atomic mass is 10.3. The fraction of sp³-hybridized carbons (Fsp3) is 0.143. The summed E-state index contributed by atoms with van der Waals surface area (Å²) in [5.41, 5.74) is 0.543. The second-order valence-electron chi connectivity index (χ2n) is 4.41. The van der Waals surface area contributed by atoms with E-state index in [9.17, 15) is 9.18 Å². The predicted octanol–water partition coefficient (Wildman–Crippen LogP) is 3.15. The highest BCUT2D eigenvalue weighted by Gasteiger charge is 2.14. The first-order valence-corrected chi connectivity index (χ1v) is 8.11. The molecule has 1 aromatic carbocycles. The largest absolute Gasteiger partial charge is 0.395 e. The van der Waals surface area contributed by atoms with Gasteiger partial charge in [-0.25, -0.2) is 9.37 Å². The van der Waals surface area contributed by atoms with Gasteiger partial charge in [-0.2, -0.15) is 0 Å². The highest BCUT2D eigenvalue weighted by molar-refractivity contribution is 7.29. The van der Waals surface area contributed by atoms with Gasteiger partial charge in [0.15, 0.2) is 5.13 Å². The van der Waals surface area contributed by atoms with E-state index in [1.165, 1.54) is 46.9 Å². The number of benzene rings is 1. The van der Waals surface area contributed by atoms with E-state index in [1.807, 2.05) is 0 Å². The fourth-order valence-corrected chi connectivity index (χ4v) is 3.85. The molecule has 3 N–H and O–H groups in total. The number of aliphatic hydroxyl groups is 1. The van der Waals surface area contributed by atoms with Crippen molar-refractivity contribution in [2.24, 2.45) is 0 Å². The number of nitrogens with zero attached hydrogens (tertiary/aromatic N) is 1. The highest BCUT2D eigenvalue weighted by atomic mass is 32.1. The van der Waals surface area contributed by atoms with Crippen molar-refractivity contribution in [3.05, 3.63) is 41.0 Å². The lowest BCUT2D eigenvalue weighted by Crippen LogP contribution is -2.09. The number of rotatable bonds is 5. The number of anilines is 2. The van der Waals surface area contributed by atoms with Crippen LogP contribution in [-0.4, -0.2) is 29.1 Å². The normalized spacial score (nSPS) is 10.8. The molecule has 22 heavy (non-hydrogen) atoms. The molecule has 0 spiro atoms. The average Bonchev–Trinajstić information content (AvgIpc) is 3.05. The summed E-state index contributed by atoms with van der Waals surface area (Å²) in [4.78, 5) is 17.8. The van der Waals surface area contributed by atoms with Gasteiger partial charge in [-0.1, -0.05) is 11.3 Å². The zero-order valence-corrected chi connectivity index (χ0v) is 12.9. The van der Waals surface area contributed by atoms with Gasteiger partial charge in [-0.3, -0.25) is 4.79 Å². The van der Waals surface area contributed by atoms with Crippen molar-refractivity contribution in [3.8, 4) is 0 Å². The molecule has 2 aromatic heterocycles. The van der Waals surface area contributed by atoms with Gasteiger partial charge in [0, 0.05) is 12.2 Å². The third-order valence-corrected chi connectivity index (χ3v) is 4.92. The van der Waals surface area contributed by atoms with Crippen LogP contribution in [0.4, 0.5) is 15.2 Å². The predicted molar refractivity (Wildman–Crippen MR) is 87.4 cm³/mol. The van der Waals surface area contributed by atoms with E-state index in [0.717, 1.165) is 14.7 Å². The number of thiazole rings is 1. The average molecular weight is 337 g/mol. The Kier molecular flexibility index (Phi) is 4.32. The Labute approximate surface area is 133 Å². The first kappa shape index (κ1) is 14.9. The van der Waals surface area contributed by atoms with Crippen LogP contribution >= 0.6 is 22.7 Å². The van der Waals surface area contributed by atoms with Crippen LogP contribution in [0.15, 0.2) is 30.3 Å². The number of fused-ring (bicyclic) bond motifs is 1. The van der Waals surface area contributed by atoms with Gasteiger partial charge >= 0.3 is 0 Å². The minimum Gasteiger partial charge on any atom is -0.395 e. The Hall–Kier alpha value is -2.03. The smallest absolute Gasteiger partial charge is 0.265 e. The number of hydrogen-bond donors (Lipinski definition) is 3. The molecule has 0 saturated carbocycles. The number of aromatic nitrogens is 1. The maximum atomic E-state index is 12.8. The molecule has 2 heterocycles. The van der Waals surface area contributed by atoms with Crippen LogP contribution in [0.3, 0.4) is 0 Å². The number of carbonyl (C=O) groups is 1. The topological polar surface area (TPSA) is 74.2 Å². The van der Waals surface area contributed by atoms with E-state index in [4.69, 9.17) is 5.11 Å². The third-order valence-electron chi connectivity index (χ3n) is 2.80. The zero-order valence-electron chi connectivity index (χ0n) is 11.3. The molecule has 0 fully saturated rings. The molecule has 3 rings (SSSR count). The van der Waals surface area contributed by atoms with Crippen LogP contribution in [0, 0.1) is 5.82 Å². The van der Waals surface area contributed by atoms with Crippen LogP contribution in [0.25, 0.3) is 9.53 Å². The van der Waals surface area contributed by atoms with Crippen molar-refractivity contribution in [1.82, 2.24) is 4.98 Å². The summed E-state index contributed by atoms with van der Waals surface area (Å²) in [6.07, 6.45) is 0. The Morgan fingerprint density at radius 2 is 2.05 bits per heavy atom. The van der Waals surface area contributed by atoms with Crippen molar-refractivity contribution in [2.75, 3.05) is 23.8 Å². The lowest BCUT2D eigenvalue weighted by Gasteiger charge is -2.02. The van der Waals surface area contributed by atoms with Crippen molar-refractivity contribution < 1.29 is 14.3 Å². The monoisotopic (exact) mass is 337 g/mol. The van der Waals surface area contributed by atoms with E-state index in [1.54, 1.807) is 6.07 Å². The molecule has 3 aromatic rings. The third kappa shape index (κ3) is 3.24. The molecule has 0 bridgehead atoms. The Morgan fingerprint density at radius 1 is 1.27 bits per heavy atom. The van der Waals surface area contributed by atoms with E-state index in [-0.39, 0.29) is 18.3 Å². The van der Waals surface area contributed by atoms with Crippen molar-refractivity contribution in [3.63, 3.8) is 0 Å². The van der Waals surface area contributed by atoms with Gasteiger partial charge in [0.2, 0.25) is 0 Å². The summed E-state index contributed by atoms with van der Waals surface area (Å²) in [6, 6.07) is 7.39. The van der Waals surface area contributed by atoms with Crippen LogP contribution in [0.1, 0.15) is 9.67 Å². The van der Waals surface area contributed by atoms with Gasteiger partial charge in [-0.05, 0) is 30.3 Å². The van der Waals surface area contributed by atoms with Gasteiger partial charge in [-0.15, -0.1) is 11.3 Å². The molecule has 0 aliphatic heterocycles. The lowest BCUT2D eigenvalue weighted by molar-refractivity contribution is 0.103. The zero-order chi connectivity index (χ0) is 15.5. The van der Waals surface area contributed by atoms with Crippen LogP contribution < -0.4 is 10.6 Å². The van der Waals surface area contributed by atoms with Crippen molar-refractivity contribution >= 4 is 48.9 Å². The van der Waals surface area contributed by atoms with Crippen LogP contribution in [-0.2, 0) is 0 Å². The summed E-state index contributed by atoms with van der Waals surface area (Å²) in [5, 5.41) is 15.2. The molecule has 0 saturated heterocycles. The summed E-state index contributed by atoms with van der Waals surface area (Å²) in [6.45, 7) is 0.483. The molecular weight excluding hydrogens is 325 g/mol. The van der Waals surface area contributed by atoms with Crippen LogP contribution in [0.5, 0.6) is 0 Å². The molecular formula is C14H12FN3O2S2. The number of amides is 1. The van der Waals surface area contributed by atoms with Crippen molar-refractivity contribution in [1.29, 1.82) is 0 Å². The number of carbonyl (C=O) groups excluding carboxylic acids is 1.